The van der Waals surface area contributed by atoms with Crippen molar-refractivity contribution in [2.75, 3.05) is 26.3 Å². The molecule has 2 aliphatic rings. The number of amides is 1. The topological polar surface area (TPSA) is 38.8 Å². The molecule has 3 atom stereocenters. The maximum atomic E-state index is 12.6. The van der Waals surface area contributed by atoms with Gasteiger partial charge in [-0.1, -0.05) is 12.1 Å². The number of nitrogens with zero attached hydrogens (tertiary/aromatic N) is 1. The first-order valence-electron chi connectivity index (χ1n) is 8.05. The summed E-state index contributed by atoms with van der Waals surface area (Å²) in [4.78, 5) is 14.4. The van der Waals surface area contributed by atoms with Crippen molar-refractivity contribution >= 4 is 5.91 Å². The van der Waals surface area contributed by atoms with Crippen LogP contribution in [0.2, 0.25) is 0 Å². The molecule has 132 valence electrons. The second kappa shape index (κ2) is 6.72. The Balaban J connectivity index is 1.68. The highest BCUT2D eigenvalue weighted by atomic mass is 19.4. The lowest BCUT2D eigenvalue weighted by molar-refractivity contribution is -0.144. The predicted octanol–water partition coefficient (Wildman–Crippen LogP) is 3.03. The second-order valence-corrected chi connectivity index (χ2v) is 6.23. The summed E-state index contributed by atoms with van der Waals surface area (Å²) in [6.45, 7) is 3.71. The summed E-state index contributed by atoms with van der Waals surface area (Å²) >= 11 is 0. The first-order valence-corrected chi connectivity index (χ1v) is 8.05. The van der Waals surface area contributed by atoms with E-state index in [1.165, 1.54) is 12.1 Å². The number of morpholine rings is 1. The van der Waals surface area contributed by atoms with Crippen molar-refractivity contribution in [2.45, 2.75) is 31.7 Å². The van der Waals surface area contributed by atoms with Crippen molar-refractivity contribution in [3.63, 3.8) is 0 Å². The minimum absolute atomic E-state index is 0.0419. The van der Waals surface area contributed by atoms with E-state index in [1.54, 1.807) is 4.90 Å². The maximum Gasteiger partial charge on any atom is 0.416 e. The number of halogens is 3. The molecular weight excluding hydrogens is 323 g/mol. The van der Waals surface area contributed by atoms with Crippen molar-refractivity contribution < 1.29 is 27.4 Å². The lowest BCUT2D eigenvalue weighted by Gasteiger charge is -2.35. The van der Waals surface area contributed by atoms with E-state index in [9.17, 15) is 18.0 Å². The number of alkyl halides is 3. The highest BCUT2D eigenvalue weighted by Gasteiger charge is 2.36. The van der Waals surface area contributed by atoms with Gasteiger partial charge in [0.15, 0.2) is 0 Å². The molecule has 7 heteroatoms. The van der Waals surface area contributed by atoms with Gasteiger partial charge in [-0.05, 0) is 31.0 Å². The average molecular weight is 343 g/mol. The van der Waals surface area contributed by atoms with E-state index in [0.717, 1.165) is 12.1 Å². The van der Waals surface area contributed by atoms with Gasteiger partial charge in [0.05, 0.1) is 30.7 Å². The van der Waals surface area contributed by atoms with Crippen molar-refractivity contribution in [1.29, 1.82) is 0 Å². The molecule has 2 heterocycles. The Morgan fingerprint density at radius 3 is 2.46 bits per heavy atom. The van der Waals surface area contributed by atoms with Crippen LogP contribution in [0.4, 0.5) is 13.2 Å². The highest BCUT2D eigenvalue weighted by Crippen LogP contribution is 2.32. The molecule has 0 spiro atoms. The summed E-state index contributed by atoms with van der Waals surface area (Å²) in [7, 11) is 0. The van der Waals surface area contributed by atoms with Crippen LogP contribution in [0.25, 0.3) is 0 Å². The Labute approximate surface area is 138 Å². The van der Waals surface area contributed by atoms with Gasteiger partial charge in [0, 0.05) is 13.2 Å². The van der Waals surface area contributed by atoms with Crippen molar-refractivity contribution in [3.05, 3.63) is 35.4 Å². The molecule has 0 unspecified atom stereocenters. The monoisotopic (exact) mass is 343 g/mol. The standard InChI is InChI=1S/C17H20F3NO3/c1-11-14(6-8-23-11)16(22)21-7-9-24-15(10-21)12-2-4-13(5-3-12)17(18,19)20/h2-5,11,14-15H,6-10H2,1H3/t11-,14-,15-/m0/s1. The largest absolute Gasteiger partial charge is 0.416 e. The number of carbonyl (C=O) groups is 1. The van der Waals surface area contributed by atoms with E-state index < -0.39 is 17.8 Å². The second-order valence-electron chi connectivity index (χ2n) is 6.23. The summed E-state index contributed by atoms with van der Waals surface area (Å²) < 4.78 is 49.0. The molecule has 1 amide bonds. The fourth-order valence-corrected chi connectivity index (χ4v) is 3.23. The zero-order valence-corrected chi connectivity index (χ0v) is 13.4. The number of carbonyl (C=O) groups excluding carboxylic acids is 1. The molecular formula is C17H20F3NO3. The molecule has 2 fully saturated rings. The van der Waals surface area contributed by atoms with E-state index in [-0.39, 0.29) is 17.9 Å². The number of rotatable bonds is 2. The number of hydrogen-bond acceptors (Lipinski definition) is 3. The van der Waals surface area contributed by atoms with Gasteiger partial charge in [0.25, 0.3) is 0 Å². The van der Waals surface area contributed by atoms with E-state index in [0.29, 0.717) is 38.3 Å². The van der Waals surface area contributed by atoms with Crippen molar-refractivity contribution in [2.24, 2.45) is 5.92 Å². The molecule has 0 radical (unpaired) electrons. The van der Waals surface area contributed by atoms with Crippen molar-refractivity contribution in [1.82, 2.24) is 4.90 Å². The van der Waals surface area contributed by atoms with E-state index in [2.05, 4.69) is 0 Å². The minimum Gasteiger partial charge on any atom is -0.378 e. The van der Waals surface area contributed by atoms with Gasteiger partial charge in [0.2, 0.25) is 5.91 Å². The minimum atomic E-state index is -4.35. The van der Waals surface area contributed by atoms with E-state index in [4.69, 9.17) is 9.47 Å². The normalized spacial score (nSPS) is 28.2. The summed E-state index contributed by atoms with van der Waals surface area (Å²) in [5, 5.41) is 0. The number of benzene rings is 1. The Morgan fingerprint density at radius 2 is 1.88 bits per heavy atom. The lowest BCUT2D eigenvalue weighted by Crippen LogP contribution is -2.46. The Kier molecular flexibility index (Phi) is 4.83. The van der Waals surface area contributed by atoms with Crippen LogP contribution in [0.3, 0.4) is 0 Å². The van der Waals surface area contributed by atoms with Gasteiger partial charge in [-0.3, -0.25) is 4.79 Å². The Bertz CT molecular complexity index is 588. The summed E-state index contributed by atoms with van der Waals surface area (Å²) in [6.07, 6.45) is -4.14. The number of hydrogen-bond donors (Lipinski definition) is 0. The van der Waals surface area contributed by atoms with Crippen LogP contribution < -0.4 is 0 Å². The first kappa shape index (κ1) is 17.2. The third-order valence-corrected chi connectivity index (χ3v) is 4.68. The fraction of sp³-hybridized carbons (Fsp3) is 0.588. The molecule has 2 aliphatic heterocycles. The third kappa shape index (κ3) is 3.57. The SMILES string of the molecule is C[C@@H]1OCC[C@@H]1C(=O)N1CCO[C@H](c2ccc(C(F)(F)F)cc2)C1. The molecule has 3 rings (SSSR count). The lowest BCUT2D eigenvalue weighted by atomic mass is 9.99. The molecule has 4 nitrogen and oxygen atoms in total. The quantitative estimate of drug-likeness (QED) is 0.829. The first-order chi connectivity index (χ1) is 11.4. The smallest absolute Gasteiger partial charge is 0.378 e. The molecule has 0 bridgehead atoms. The molecule has 2 saturated heterocycles. The van der Waals surface area contributed by atoms with Crippen LogP contribution in [0.15, 0.2) is 24.3 Å². The van der Waals surface area contributed by atoms with Gasteiger partial charge >= 0.3 is 6.18 Å². The summed E-state index contributed by atoms with van der Waals surface area (Å²) in [6, 6.07) is 4.93. The molecule has 1 aromatic rings. The van der Waals surface area contributed by atoms with E-state index in [1.807, 2.05) is 6.92 Å². The molecule has 0 aromatic heterocycles. The fourth-order valence-electron chi connectivity index (χ4n) is 3.23. The molecule has 0 N–H and O–H groups in total. The molecule has 24 heavy (non-hydrogen) atoms. The van der Waals surface area contributed by atoms with E-state index >= 15 is 0 Å². The summed E-state index contributed by atoms with van der Waals surface area (Å²) in [5.74, 6) is -0.100. The van der Waals surface area contributed by atoms with Crippen LogP contribution in [-0.2, 0) is 20.4 Å². The molecule has 1 aromatic carbocycles. The predicted molar refractivity (Wildman–Crippen MR) is 80.2 cm³/mol. The van der Waals surface area contributed by atoms with Gasteiger partial charge in [-0.15, -0.1) is 0 Å². The highest BCUT2D eigenvalue weighted by molar-refractivity contribution is 5.79. The van der Waals surface area contributed by atoms with Crippen LogP contribution in [0.1, 0.15) is 30.6 Å². The van der Waals surface area contributed by atoms with Crippen LogP contribution in [0, 0.1) is 5.92 Å². The van der Waals surface area contributed by atoms with Crippen LogP contribution >= 0.6 is 0 Å². The zero-order valence-electron chi connectivity index (χ0n) is 13.4. The van der Waals surface area contributed by atoms with Gasteiger partial charge < -0.3 is 14.4 Å². The van der Waals surface area contributed by atoms with Crippen LogP contribution in [-0.4, -0.2) is 43.2 Å². The maximum absolute atomic E-state index is 12.6. The zero-order chi connectivity index (χ0) is 17.3. The Hall–Kier alpha value is -1.60. The summed E-state index contributed by atoms with van der Waals surface area (Å²) in [5.41, 5.74) is -0.0388. The number of ether oxygens (including phenoxy) is 2. The van der Waals surface area contributed by atoms with Crippen LogP contribution in [0.5, 0.6) is 0 Å². The Morgan fingerprint density at radius 1 is 1.17 bits per heavy atom. The molecule has 0 saturated carbocycles. The van der Waals surface area contributed by atoms with Gasteiger partial charge in [0.1, 0.15) is 6.10 Å². The van der Waals surface area contributed by atoms with Gasteiger partial charge in [-0.2, -0.15) is 13.2 Å². The van der Waals surface area contributed by atoms with Crippen molar-refractivity contribution in [3.8, 4) is 0 Å². The molecule has 0 aliphatic carbocycles. The van der Waals surface area contributed by atoms with Gasteiger partial charge in [-0.25, -0.2) is 0 Å². The average Bonchev–Trinajstić information content (AvgIpc) is 3.00. The third-order valence-electron chi connectivity index (χ3n) is 4.68.